The first kappa shape index (κ1) is 19.0. The molecule has 0 aliphatic carbocycles. The molecule has 1 fully saturated rings. The summed E-state index contributed by atoms with van der Waals surface area (Å²) in [7, 11) is 0. The molecule has 0 atom stereocenters. The van der Waals surface area contributed by atoms with E-state index in [1.54, 1.807) is 41.3 Å². The van der Waals surface area contributed by atoms with E-state index in [1.165, 1.54) is 17.0 Å². The third-order valence-electron chi connectivity index (χ3n) is 4.39. The summed E-state index contributed by atoms with van der Waals surface area (Å²) in [6, 6.07) is 12.3. The molecule has 27 heavy (non-hydrogen) atoms. The summed E-state index contributed by atoms with van der Waals surface area (Å²) in [6.07, 6.45) is 0. The molecule has 142 valence electrons. The lowest BCUT2D eigenvalue weighted by Gasteiger charge is -2.33. The minimum absolute atomic E-state index is 0.223. The molecule has 1 aliphatic heterocycles. The van der Waals surface area contributed by atoms with Crippen LogP contribution in [0, 0.1) is 5.82 Å². The molecule has 2 aromatic carbocycles. The van der Waals surface area contributed by atoms with Gasteiger partial charge in [0.1, 0.15) is 12.4 Å². The normalized spacial score (nSPS) is 14.1. The third kappa shape index (κ3) is 4.69. The summed E-state index contributed by atoms with van der Waals surface area (Å²) in [5, 5.41) is 8.94. The van der Waals surface area contributed by atoms with E-state index in [0.29, 0.717) is 37.6 Å². The van der Waals surface area contributed by atoms with Crippen LogP contribution in [0.3, 0.4) is 0 Å². The van der Waals surface area contributed by atoms with Crippen molar-refractivity contribution in [2.24, 2.45) is 0 Å². The van der Waals surface area contributed by atoms with E-state index >= 15 is 0 Å². The Hall–Kier alpha value is -2.77. The highest BCUT2D eigenvalue weighted by atomic mass is 19.1. The Morgan fingerprint density at radius 2 is 1.81 bits per heavy atom. The third-order valence-corrected chi connectivity index (χ3v) is 4.39. The number of ether oxygens (including phenoxy) is 1. The van der Waals surface area contributed by atoms with Crippen LogP contribution in [0.15, 0.2) is 48.5 Å². The topological polar surface area (TPSA) is 70.1 Å². The van der Waals surface area contributed by atoms with Gasteiger partial charge in [-0.15, -0.1) is 0 Å². The van der Waals surface area contributed by atoms with Crippen LogP contribution >= 0.6 is 0 Å². The number of carbonyl (C=O) groups excluding carboxylic acids is 2. The Kier molecular flexibility index (Phi) is 6.16. The zero-order chi connectivity index (χ0) is 19.2. The maximum absolute atomic E-state index is 13.7. The number of aliphatic hydroxyl groups is 1. The molecule has 1 N–H and O–H groups in total. The standard InChI is InChI=1S/C20H21FN2O4/c21-17-2-1-3-18(12-17)23(20(26)22-8-10-27-11-9-22)13-15-4-6-16(7-5-15)19(25)14-24/h1-7,12,24H,8-11,13-14H2. The van der Waals surface area contributed by atoms with Crippen molar-refractivity contribution < 1.29 is 23.8 Å². The van der Waals surface area contributed by atoms with Crippen LogP contribution in [0.4, 0.5) is 14.9 Å². The van der Waals surface area contributed by atoms with Gasteiger partial charge >= 0.3 is 6.03 Å². The molecule has 1 aliphatic rings. The molecule has 0 aromatic heterocycles. The van der Waals surface area contributed by atoms with Crippen molar-refractivity contribution in [3.05, 3.63) is 65.5 Å². The number of aliphatic hydroxyl groups excluding tert-OH is 1. The van der Waals surface area contributed by atoms with E-state index in [-0.39, 0.29) is 18.4 Å². The van der Waals surface area contributed by atoms with Gasteiger partial charge in [0.15, 0.2) is 5.78 Å². The summed E-state index contributed by atoms with van der Waals surface area (Å²) in [5.74, 6) is -0.788. The van der Waals surface area contributed by atoms with Crippen molar-refractivity contribution in [3.8, 4) is 0 Å². The van der Waals surface area contributed by atoms with Gasteiger partial charge in [-0.2, -0.15) is 0 Å². The first-order valence-electron chi connectivity index (χ1n) is 8.71. The summed E-state index contributed by atoms with van der Waals surface area (Å²) >= 11 is 0. The first-order chi connectivity index (χ1) is 13.1. The molecule has 2 amide bonds. The number of Topliss-reactive ketones (excluding diaryl/α,β-unsaturated/α-hetero) is 1. The molecule has 0 unspecified atom stereocenters. The second-order valence-corrected chi connectivity index (χ2v) is 6.23. The Morgan fingerprint density at radius 1 is 1.11 bits per heavy atom. The number of anilines is 1. The Balaban J connectivity index is 1.85. The molecule has 1 heterocycles. The number of carbonyl (C=O) groups is 2. The maximum Gasteiger partial charge on any atom is 0.324 e. The summed E-state index contributed by atoms with van der Waals surface area (Å²) < 4.78 is 19.0. The van der Waals surface area contributed by atoms with Crippen molar-refractivity contribution in [1.29, 1.82) is 0 Å². The number of hydrogen-bond donors (Lipinski definition) is 1. The Bertz CT molecular complexity index is 804. The van der Waals surface area contributed by atoms with Crippen LogP contribution in [0.5, 0.6) is 0 Å². The highest BCUT2D eigenvalue weighted by Gasteiger charge is 2.24. The molecule has 0 spiro atoms. The second-order valence-electron chi connectivity index (χ2n) is 6.23. The molecule has 0 saturated carbocycles. The number of benzene rings is 2. The number of ketones is 1. The van der Waals surface area contributed by atoms with Crippen LogP contribution in [0.2, 0.25) is 0 Å². The summed E-state index contributed by atoms with van der Waals surface area (Å²) in [5.41, 5.74) is 1.65. The lowest BCUT2D eigenvalue weighted by atomic mass is 10.1. The predicted molar refractivity (Wildman–Crippen MR) is 98.2 cm³/mol. The van der Waals surface area contributed by atoms with Gasteiger partial charge in [-0.3, -0.25) is 9.69 Å². The van der Waals surface area contributed by atoms with Gasteiger partial charge in [-0.25, -0.2) is 9.18 Å². The average Bonchev–Trinajstić information content (AvgIpc) is 2.72. The molecule has 7 heteroatoms. The van der Waals surface area contributed by atoms with E-state index in [2.05, 4.69) is 0 Å². The van der Waals surface area contributed by atoms with Crippen molar-refractivity contribution in [1.82, 2.24) is 4.90 Å². The van der Waals surface area contributed by atoms with Gasteiger partial charge in [-0.1, -0.05) is 30.3 Å². The fourth-order valence-electron chi connectivity index (χ4n) is 2.91. The molecule has 3 rings (SSSR count). The second kappa shape index (κ2) is 8.75. The number of rotatable bonds is 5. The molecule has 0 bridgehead atoms. The fraction of sp³-hybridized carbons (Fsp3) is 0.300. The van der Waals surface area contributed by atoms with Crippen molar-refractivity contribution in [3.63, 3.8) is 0 Å². The maximum atomic E-state index is 13.7. The largest absolute Gasteiger partial charge is 0.388 e. The van der Waals surface area contributed by atoms with Gasteiger partial charge in [-0.05, 0) is 23.8 Å². The van der Waals surface area contributed by atoms with Gasteiger partial charge in [0, 0.05) is 24.3 Å². The van der Waals surface area contributed by atoms with Gasteiger partial charge < -0.3 is 14.7 Å². The lowest BCUT2D eigenvalue weighted by molar-refractivity contribution is 0.0548. The van der Waals surface area contributed by atoms with Crippen LogP contribution < -0.4 is 4.90 Å². The summed E-state index contributed by atoms with van der Waals surface area (Å²) in [4.78, 5) is 27.8. The lowest BCUT2D eigenvalue weighted by Crippen LogP contribution is -2.48. The highest BCUT2D eigenvalue weighted by Crippen LogP contribution is 2.21. The highest BCUT2D eigenvalue weighted by molar-refractivity contribution is 5.97. The smallest absolute Gasteiger partial charge is 0.324 e. The van der Waals surface area contributed by atoms with Crippen LogP contribution in [-0.4, -0.2) is 54.7 Å². The zero-order valence-corrected chi connectivity index (χ0v) is 14.8. The van der Waals surface area contributed by atoms with Crippen LogP contribution in [0.1, 0.15) is 15.9 Å². The van der Waals surface area contributed by atoms with E-state index in [9.17, 15) is 14.0 Å². The molecule has 2 aromatic rings. The quantitative estimate of drug-likeness (QED) is 0.819. The number of nitrogens with zero attached hydrogens (tertiary/aromatic N) is 2. The van der Waals surface area contributed by atoms with E-state index in [1.807, 2.05) is 0 Å². The molecule has 1 saturated heterocycles. The first-order valence-corrected chi connectivity index (χ1v) is 8.71. The molecular weight excluding hydrogens is 351 g/mol. The minimum atomic E-state index is -0.551. The number of morpholine rings is 1. The molecule has 6 nitrogen and oxygen atoms in total. The number of urea groups is 1. The summed E-state index contributed by atoms with van der Waals surface area (Å²) in [6.45, 7) is 1.59. The monoisotopic (exact) mass is 372 g/mol. The van der Waals surface area contributed by atoms with Gasteiger partial charge in [0.05, 0.1) is 19.8 Å². The average molecular weight is 372 g/mol. The van der Waals surface area contributed by atoms with Crippen molar-refractivity contribution in [2.75, 3.05) is 37.8 Å². The minimum Gasteiger partial charge on any atom is -0.388 e. The molecule has 0 radical (unpaired) electrons. The van der Waals surface area contributed by atoms with Gasteiger partial charge in [0.25, 0.3) is 0 Å². The Labute approximate surface area is 156 Å². The van der Waals surface area contributed by atoms with Crippen LogP contribution in [-0.2, 0) is 11.3 Å². The van der Waals surface area contributed by atoms with E-state index < -0.39 is 12.4 Å². The van der Waals surface area contributed by atoms with E-state index in [0.717, 1.165) is 5.56 Å². The number of hydrogen-bond acceptors (Lipinski definition) is 4. The zero-order valence-electron chi connectivity index (χ0n) is 14.8. The predicted octanol–water partition coefficient (Wildman–Crippen LogP) is 2.46. The van der Waals surface area contributed by atoms with Crippen molar-refractivity contribution >= 4 is 17.5 Å². The van der Waals surface area contributed by atoms with E-state index in [4.69, 9.17) is 9.84 Å². The number of halogens is 1. The Morgan fingerprint density at radius 3 is 2.44 bits per heavy atom. The number of amides is 2. The van der Waals surface area contributed by atoms with Crippen molar-refractivity contribution in [2.45, 2.75) is 6.54 Å². The molecular formula is C20H21FN2O4. The van der Waals surface area contributed by atoms with Gasteiger partial charge in [0.2, 0.25) is 0 Å². The van der Waals surface area contributed by atoms with Crippen LogP contribution in [0.25, 0.3) is 0 Å². The fourth-order valence-corrected chi connectivity index (χ4v) is 2.91. The SMILES string of the molecule is O=C(CO)c1ccc(CN(C(=O)N2CCOCC2)c2cccc(F)c2)cc1.